The van der Waals surface area contributed by atoms with E-state index in [0.717, 1.165) is 18.9 Å². The van der Waals surface area contributed by atoms with Gasteiger partial charge in [0.1, 0.15) is 11.6 Å². The van der Waals surface area contributed by atoms with Crippen LogP contribution in [-0.4, -0.2) is 27.9 Å². The van der Waals surface area contributed by atoms with Crippen LogP contribution in [0.5, 0.6) is 0 Å². The molecule has 4 heteroatoms. The molecule has 16 heavy (non-hydrogen) atoms. The second kappa shape index (κ2) is 4.17. The largest absolute Gasteiger partial charge is 0.315 e. The van der Waals surface area contributed by atoms with E-state index in [9.17, 15) is 0 Å². The highest BCUT2D eigenvalue weighted by Gasteiger charge is 2.29. The van der Waals surface area contributed by atoms with Crippen molar-refractivity contribution in [3.05, 3.63) is 11.6 Å². The van der Waals surface area contributed by atoms with Crippen LogP contribution in [0, 0.1) is 6.92 Å². The van der Waals surface area contributed by atoms with E-state index in [4.69, 9.17) is 0 Å². The fraction of sp³-hybridized carbons (Fsp3) is 0.833. The first-order valence-corrected chi connectivity index (χ1v) is 6.48. The Labute approximate surface area is 96.4 Å². The van der Waals surface area contributed by atoms with Crippen LogP contribution in [0.4, 0.5) is 0 Å². The summed E-state index contributed by atoms with van der Waals surface area (Å²) >= 11 is 0. The molecule has 2 heterocycles. The minimum absolute atomic E-state index is 0.583. The van der Waals surface area contributed by atoms with Crippen molar-refractivity contribution < 1.29 is 0 Å². The van der Waals surface area contributed by atoms with Gasteiger partial charge in [-0.15, -0.1) is 10.2 Å². The summed E-state index contributed by atoms with van der Waals surface area (Å²) in [6.45, 7) is 4.33. The van der Waals surface area contributed by atoms with E-state index >= 15 is 0 Å². The molecule has 1 aliphatic heterocycles. The third-order valence-electron chi connectivity index (χ3n) is 4.00. The molecule has 1 N–H and O–H groups in total. The molecule has 0 bridgehead atoms. The van der Waals surface area contributed by atoms with Crippen molar-refractivity contribution in [1.82, 2.24) is 20.1 Å². The first-order chi connectivity index (χ1) is 7.86. The predicted molar refractivity (Wildman–Crippen MR) is 62.5 cm³/mol. The van der Waals surface area contributed by atoms with Gasteiger partial charge in [0.05, 0.1) is 0 Å². The molecule has 1 saturated heterocycles. The van der Waals surface area contributed by atoms with E-state index in [-0.39, 0.29) is 0 Å². The van der Waals surface area contributed by atoms with Gasteiger partial charge in [-0.05, 0) is 39.2 Å². The van der Waals surface area contributed by atoms with E-state index in [1.807, 2.05) is 0 Å². The van der Waals surface area contributed by atoms with Gasteiger partial charge >= 0.3 is 0 Å². The Balaban J connectivity index is 1.88. The monoisotopic (exact) mass is 220 g/mol. The summed E-state index contributed by atoms with van der Waals surface area (Å²) in [4.78, 5) is 0. The summed E-state index contributed by atoms with van der Waals surface area (Å²) in [5.41, 5.74) is 0. The average Bonchev–Trinajstić information content (AvgIpc) is 2.59. The molecule has 1 aromatic rings. The van der Waals surface area contributed by atoms with Crippen molar-refractivity contribution in [2.24, 2.45) is 0 Å². The third kappa shape index (κ3) is 1.65. The second-order valence-electron chi connectivity index (χ2n) is 5.10. The van der Waals surface area contributed by atoms with E-state index in [1.54, 1.807) is 0 Å². The number of nitrogens with zero attached hydrogens (tertiary/aromatic N) is 3. The van der Waals surface area contributed by atoms with Crippen molar-refractivity contribution in [3.63, 3.8) is 0 Å². The van der Waals surface area contributed by atoms with Crippen LogP contribution in [0.3, 0.4) is 0 Å². The zero-order chi connectivity index (χ0) is 11.0. The molecule has 1 atom stereocenters. The van der Waals surface area contributed by atoms with E-state index in [0.29, 0.717) is 12.0 Å². The van der Waals surface area contributed by atoms with Crippen molar-refractivity contribution in [1.29, 1.82) is 0 Å². The Morgan fingerprint density at radius 2 is 2.06 bits per heavy atom. The van der Waals surface area contributed by atoms with Gasteiger partial charge in [-0.2, -0.15) is 0 Å². The molecule has 2 aliphatic rings. The predicted octanol–water partition coefficient (Wildman–Crippen LogP) is 1.78. The van der Waals surface area contributed by atoms with Crippen LogP contribution in [-0.2, 0) is 0 Å². The maximum Gasteiger partial charge on any atom is 0.136 e. The molecule has 0 radical (unpaired) electrons. The van der Waals surface area contributed by atoms with Crippen LogP contribution in [0.15, 0.2) is 0 Å². The lowest BCUT2D eigenvalue weighted by molar-refractivity contribution is 0.325. The molecule has 1 aromatic heterocycles. The number of aromatic nitrogens is 3. The normalized spacial score (nSPS) is 26.7. The number of piperidine rings is 1. The lowest BCUT2D eigenvalue weighted by Gasteiger charge is -2.30. The SMILES string of the molecule is Cc1nnc(C2CCC2)n1C1CCCNC1. The quantitative estimate of drug-likeness (QED) is 0.826. The number of nitrogens with one attached hydrogen (secondary N) is 1. The highest BCUT2D eigenvalue weighted by Crippen LogP contribution is 2.37. The number of rotatable bonds is 2. The van der Waals surface area contributed by atoms with E-state index in [2.05, 4.69) is 27.0 Å². The number of hydrogen-bond donors (Lipinski definition) is 1. The molecule has 0 aromatic carbocycles. The molecular formula is C12H20N4. The summed E-state index contributed by atoms with van der Waals surface area (Å²) in [6, 6.07) is 0.583. The summed E-state index contributed by atoms with van der Waals surface area (Å²) in [5, 5.41) is 12.2. The molecule has 0 amide bonds. The van der Waals surface area contributed by atoms with Gasteiger partial charge in [0.15, 0.2) is 0 Å². The van der Waals surface area contributed by atoms with Gasteiger partial charge in [-0.25, -0.2) is 0 Å². The van der Waals surface area contributed by atoms with Gasteiger partial charge in [0.2, 0.25) is 0 Å². The highest BCUT2D eigenvalue weighted by molar-refractivity contribution is 5.07. The molecule has 1 saturated carbocycles. The fourth-order valence-electron chi connectivity index (χ4n) is 2.84. The van der Waals surface area contributed by atoms with Gasteiger partial charge < -0.3 is 9.88 Å². The molecule has 0 spiro atoms. The average molecular weight is 220 g/mol. The summed E-state index contributed by atoms with van der Waals surface area (Å²) < 4.78 is 2.40. The maximum atomic E-state index is 4.40. The second-order valence-corrected chi connectivity index (χ2v) is 5.10. The molecule has 1 aliphatic carbocycles. The molecule has 4 nitrogen and oxygen atoms in total. The lowest BCUT2D eigenvalue weighted by Crippen LogP contribution is -2.33. The van der Waals surface area contributed by atoms with Gasteiger partial charge in [-0.3, -0.25) is 0 Å². The smallest absolute Gasteiger partial charge is 0.136 e. The maximum absolute atomic E-state index is 4.40. The van der Waals surface area contributed by atoms with E-state index < -0.39 is 0 Å². The summed E-state index contributed by atoms with van der Waals surface area (Å²) in [6.07, 6.45) is 6.51. The first-order valence-electron chi connectivity index (χ1n) is 6.48. The standard InChI is InChI=1S/C12H20N4/c1-9-14-15-12(10-4-2-5-10)16(9)11-6-3-7-13-8-11/h10-11,13H,2-8H2,1H3. The zero-order valence-electron chi connectivity index (χ0n) is 9.95. The van der Waals surface area contributed by atoms with Crippen molar-refractivity contribution >= 4 is 0 Å². The van der Waals surface area contributed by atoms with Crippen LogP contribution >= 0.6 is 0 Å². The van der Waals surface area contributed by atoms with E-state index in [1.165, 1.54) is 37.9 Å². The van der Waals surface area contributed by atoms with Crippen LogP contribution in [0.1, 0.15) is 55.7 Å². The fourth-order valence-corrected chi connectivity index (χ4v) is 2.84. The minimum atomic E-state index is 0.583. The number of aryl methyl sites for hydroxylation is 1. The van der Waals surface area contributed by atoms with Crippen molar-refractivity contribution in [2.45, 2.75) is 51.0 Å². The topological polar surface area (TPSA) is 42.7 Å². The van der Waals surface area contributed by atoms with Crippen molar-refractivity contribution in [2.75, 3.05) is 13.1 Å². The minimum Gasteiger partial charge on any atom is -0.315 e. The third-order valence-corrected chi connectivity index (χ3v) is 4.00. The first kappa shape index (κ1) is 10.3. The Morgan fingerprint density at radius 3 is 2.69 bits per heavy atom. The van der Waals surface area contributed by atoms with Gasteiger partial charge in [0.25, 0.3) is 0 Å². The molecular weight excluding hydrogens is 200 g/mol. The molecule has 3 rings (SSSR count). The van der Waals surface area contributed by atoms with Gasteiger partial charge in [-0.1, -0.05) is 6.42 Å². The van der Waals surface area contributed by atoms with Crippen molar-refractivity contribution in [3.8, 4) is 0 Å². The number of hydrogen-bond acceptors (Lipinski definition) is 3. The summed E-state index contributed by atoms with van der Waals surface area (Å²) in [5.74, 6) is 3.02. The Morgan fingerprint density at radius 1 is 1.19 bits per heavy atom. The Kier molecular flexibility index (Phi) is 2.67. The Hall–Kier alpha value is -0.900. The van der Waals surface area contributed by atoms with Crippen LogP contribution in [0.2, 0.25) is 0 Å². The van der Waals surface area contributed by atoms with Gasteiger partial charge in [0, 0.05) is 18.5 Å². The molecule has 2 fully saturated rings. The van der Waals surface area contributed by atoms with Crippen LogP contribution in [0.25, 0.3) is 0 Å². The molecule has 1 unspecified atom stereocenters. The summed E-state index contributed by atoms with van der Waals surface area (Å²) in [7, 11) is 0. The van der Waals surface area contributed by atoms with Crippen LogP contribution < -0.4 is 5.32 Å². The molecule has 88 valence electrons. The zero-order valence-corrected chi connectivity index (χ0v) is 9.95. The highest BCUT2D eigenvalue weighted by atomic mass is 15.3. The lowest BCUT2D eigenvalue weighted by atomic mass is 9.84. The Bertz CT molecular complexity index is 361.